The van der Waals surface area contributed by atoms with Gasteiger partial charge in [0.2, 0.25) is 5.89 Å². The van der Waals surface area contributed by atoms with Gasteiger partial charge in [0.05, 0.1) is 5.69 Å². The summed E-state index contributed by atoms with van der Waals surface area (Å²) in [7, 11) is -0.240. The van der Waals surface area contributed by atoms with E-state index in [2.05, 4.69) is 9.88 Å². The lowest BCUT2D eigenvalue weighted by molar-refractivity contribution is 0.175. The van der Waals surface area contributed by atoms with Crippen LogP contribution in [-0.4, -0.2) is 67.2 Å². The van der Waals surface area contributed by atoms with Gasteiger partial charge in [-0.1, -0.05) is 17.7 Å². The summed E-state index contributed by atoms with van der Waals surface area (Å²) in [6.45, 7) is 4.78. The molecule has 0 saturated carbocycles. The number of aryl methyl sites for hydroxylation is 1. The Bertz CT molecular complexity index is 874. The molecular formula is C17H23ClN4O3S. The first-order valence-corrected chi connectivity index (χ1v) is 10.2. The normalized spacial score (nSPS) is 17.1. The molecule has 26 heavy (non-hydrogen) atoms. The summed E-state index contributed by atoms with van der Waals surface area (Å²) in [5, 5.41) is 0.637. The predicted molar refractivity (Wildman–Crippen MR) is 101 cm³/mol. The monoisotopic (exact) mass is 398 g/mol. The number of benzene rings is 1. The SMILES string of the molecule is Cc1oc(-c2cccc(Cl)c2)nc1CN1CCN(S(=O)(=O)N(C)C)CC1. The van der Waals surface area contributed by atoms with Crippen molar-refractivity contribution in [2.75, 3.05) is 40.3 Å². The highest BCUT2D eigenvalue weighted by molar-refractivity contribution is 7.86. The van der Waals surface area contributed by atoms with Crippen molar-refractivity contribution in [3.63, 3.8) is 0 Å². The molecule has 0 bridgehead atoms. The molecule has 0 N–H and O–H groups in total. The van der Waals surface area contributed by atoms with Crippen LogP contribution < -0.4 is 0 Å². The molecule has 1 saturated heterocycles. The Labute approximate surface area is 159 Å². The van der Waals surface area contributed by atoms with Crippen LogP contribution in [0.15, 0.2) is 28.7 Å². The van der Waals surface area contributed by atoms with Gasteiger partial charge < -0.3 is 4.42 Å². The third-order valence-corrected chi connectivity index (χ3v) is 6.63. The number of nitrogens with zero attached hydrogens (tertiary/aromatic N) is 4. The zero-order chi connectivity index (χ0) is 18.9. The molecule has 1 aliphatic heterocycles. The molecule has 2 heterocycles. The van der Waals surface area contributed by atoms with E-state index in [1.165, 1.54) is 8.61 Å². The largest absolute Gasteiger partial charge is 0.441 e. The lowest BCUT2D eigenvalue weighted by Crippen LogP contribution is -2.51. The van der Waals surface area contributed by atoms with Gasteiger partial charge in [0.25, 0.3) is 10.2 Å². The number of hydrogen-bond acceptors (Lipinski definition) is 5. The lowest BCUT2D eigenvalue weighted by atomic mass is 10.2. The van der Waals surface area contributed by atoms with Crippen LogP contribution in [0.5, 0.6) is 0 Å². The molecule has 0 amide bonds. The van der Waals surface area contributed by atoms with Crippen molar-refractivity contribution in [1.82, 2.24) is 18.5 Å². The topological polar surface area (TPSA) is 69.9 Å². The van der Waals surface area contributed by atoms with Gasteiger partial charge in [-0.3, -0.25) is 4.90 Å². The molecule has 0 radical (unpaired) electrons. The molecule has 3 rings (SSSR count). The van der Waals surface area contributed by atoms with Crippen molar-refractivity contribution in [3.8, 4) is 11.5 Å². The molecule has 142 valence electrons. The highest BCUT2D eigenvalue weighted by atomic mass is 35.5. The summed E-state index contributed by atoms with van der Waals surface area (Å²) >= 11 is 6.03. The van der Waals surface area contributed by atoms with Crippen LogP contribution in [0.1, 0.15) is 11.5 Å². The van der Waals surface area contributed by atoms with E-state index in [1.807, 2.05) is 31.2 Å². The van der Waals surface area contributed by atoms with E-state index in [4.69, 9.17) is 16.0 Å². The number of oxazole rings is 1. The third-order valence-electron chi connectivity index (χ3n) is 4.46. The Kier molecular flexibility index (Phi) is 5.69. The highest BCUT2D eigenvalue weighted by Crippen LogP contribution is 2.25. The fourth-order valence-electron chi connectivity index (χ4n) is 2.88. The molecular weight excluding hydrogens is 376 g/mol. The number of rotatable bonds is 5. The fourth-order valence-corrected chi connectivity index (χ4v) is 4.16. The zero-order valence-corrected chi connectivity index (χ0v) is 16.7. The van der Waals surface area contributed by atoms with E-state index in [-0.39, 0.29) is 0 Å². The van der Waals surface area contributed by atoms with Gasteiger partial charge in [0.15, 0.2) is 0 Å². The van der Waals surface area contributed by atoms with Crippen molar-refractivity contribution in [2.24, 2.45) is 0 Å². The van der Waals surface area contributed by atoms with Gasteiger partial charge in [-0.2, -0.15) is 17.0 Å². The third kappa shape index (κ3) is 4.10. The maximum atomic E-state index is 12.2. The van der Waals surface area contributed by atoms with Crippen LogP contribution in [0.25, 0.3) is 11.5 Å². The maximum Gasteiger partial charge on any atom is 0.281 e. The van der Waals surface area contributed by atoms with Crippen LogP contribution in [0.3, 0.4) is 0 Å². The van der Waals surface area contributed by atoms with E-state index < -0.39 is 10.2 Å². The van der Waals surface area contributed by atoms with Gasteiger partial charge >= 0.3 is 0 Å². The summed E-state index contributed by atoms with van der Waals surface area (Å²) < 4.78 is 32.9. The predicted octanol–water partition coefficient (Wildman–Crippen LogP) is 2.23. The maximum absolute atomic E-state index is 12.2. The average Bonchev–Trinajstić information content (AvgIpc) is 2.96. The van der Waals surface area contributed by atoms with E-state index >= 15 is 0 Å². The molecule has 1 aliphatic rings. The molecule has 0 aliphatic carbocycles. The summed E-state index contributed by atoms with van der Waals surface area (Å²) in [5.74, 6) is 1.32. The minimum absolute atomic E-state index is 0.471. The Balaban J connectivity index is 1.66. The molecule has 0 atom stereocenters. The van der Waals surface area contributed by atoms with Gasteiger partial charge in [-0.15, -0.1) is 0 Å². The Hall–Kier alpha value is -1.45. The van der Waals surface area contributed by atoms with Crippen LogP contribution in [0, 0.1) is 6.92 Å². The van der Waals surface area contributed by atoms with Crippen molar-refractivity contribution in [1.29, 1.82) is 0 Å². The second-order valence-electron chi connectivity index (χ2n) is 6.50. The number of halogens is 1. The van der Waals surface area contributed by atoms with Crippen LogP contribution in [0.4, 0.5) is 0 Å². The van der Waals surface area contributed by atoms with E-state index in [0.717, 1.165) is 17.0 Å². The molecule has 7 nitrogen and oxygen atoms in total. The molecule has 2 aromatic rings. The second kappa shape index (κ2) is 7.66. The number of hydrogen-bond donors (Lipinski definition) is 0. The van der Waals surface area contributed by atoms with Crippen LogP contribution >= 0.6 is 11.6 Å². The van der Waals surface area contributed by atoms with Gasteiger partial charge in [-0.05, 0) is 25.1 Å². The molecule has 9 heteroatoms. The first-order chi connectivity index (χ1) is 12.3. The van der Waals surface area contributed by atoms with Gasteiger partial charge in [-0.25, -0.2) is 4.98 Å². The minimum atomic E-state index is -3.35. The quantitative estimate of drug-likeness (QED) is 0.772. The summed E-state index contributed by atoms with van der Waals surface area (Å²) in [5.41, 5.74) is 1.71. The van der Waals surface area contributed by atoms with E-state index in [1.54, 1.807) is 14.1 Å². The van der Waals surface area contributed by atoms with Crippen molar-refractivity contribution in [3.05, 3.63) is 40.7 Å². The Morgan fingerprint density at radius 3 is 2.54 bits per heavy atom. The van der Waals surface area contributed by atoms with Crippen LogP contribution in [0.2, 0.25) is 5.02 Å². The molecule has 0 spiro atoms. The lowest BCUT2D eigenvalue weighted by Gasteiger charge is -2.34. The second-order valence-corrected chi connectivity index (χ2v) is 9.08. The van der Waals surface area contributed by atoms with Gasteiger partial charge in [0.1, 0.15) is 5.76 Å². The molecule has 1 aromatic carbocycles. The number of aromatic nitrogens is 1. The Morgan fingerprint density at radius 1 is 1.23 bits per heavy atom. The fraction of sp³-hybridized carbons (Fsp3) is 0.471. The standard InChI is InChI=1S/C17H23ClN4O3S/c1-13-16(19-17(25-13)14-5-4-6-15(18)11-14)12-21-7-9-22(10-8-21)26(23,24)20(2)3/h4-6,11H,7-10,12H2,1-3H3. The molecule has 0 unspecified atom stereocenters. The van der Waals surface area contributed by atoms with Crippen molar-refractivity contribution < 1.29 is 12.8 Å². The van der Waals surface area contributed by atoms with E-state index in [0.29, 0.717) is 43.6 Å². The summed E-state index contributed by atoms with van der Waals surface area (Å²) in [6.07, 6.45) is 0. The van der Waals surface area contributed by atoms with Gasteiger partial charge in [0, 0.05) is 57.4 Å². The van der Waals surface area contributed by atoms with Crippen LogP contribution in [-0.2, 0) is 16.8 Å². The first kappa shape index (κ1) is 19.3. The highest BCUT2D eigenvalue weighted by Gasteiger charge is 2.29. The zero-order valence-electron chi connectivity index (χ0n) is 15.1. The first-order valence-electron chi connectivity index (χ1n) is 8.39. The van der Waals surface area contributed by atoms with Crippen molar-refractivity contribution in [2.45, 2.75) is 13.5 Å². The summed E-state index contributed by atoms with van der Waals surface area (Å²) in [4.78, 5) is 6.79. The Morgan fingerprint density at radius 2 is 1.92 bits per heavy atom. The number of piperazine rings is 1. The molecule has 1 aromatic heterocycles. The average molecular weight is 399 g/mol. The molecule has 1 fully saturated rings. The summed E-state index contributed by atoms with van der Waals surface area (Å²) in [6, 6.07) is 7.40. The minimum Gasteiger partial charge on any atom is -0.441 e. The smallest absolute Gasteiger partial charge is 0.281 e. The van der Waals surface area contributed by atoms with E-state index in [9.17, 15) is 8.42 Å². The van der Waals surface area contributed by atoms with Crippen molar-refractivity contribution >= 4 is 21.8 Å².